The predicted octanol–water partition coefficient (Wildman–Crippen LogP) is 6.14. The van der Waals surface area contributed by atoms with Crippen LogP contribution in [0.4, 0.5) is 0 Å². The molecular weight excluding hydrogens is 332 g/mol. The van der Waals surface area contributed by atoms with Crippen molar-refractivity contribution in [2.45, 2.75) is 45.4 Å². The second-order valence-electron chi connectivity index (χ2n) is 6.86. The van der Waals surface area contributed by atoms with E-state index in [1.54, 1.807) is 14.2 Å². The summed E-state index contributed by atoms with van der Waals surface area (Å²) in [5.41, 5.74) is 6.33. The van der Waals surface area contributed by atoms with Crippen molar-refractivity contribution in [3.05, 3.63) is 59.2 Å². The molecule has 2 aromatic rings. The lowest BCUT2D eigenvalue weighted by Crippen LogP contribution is -1.94. The van der Waals surface area contributed by atoms with Gasteiger partial charge in [-0.1, -0.05) is 37.3 Å². The Hall–Kier alpha value is -2.66. The highest BCUT2D eigenvalue weighted by Gasteiger charge is 2.18. The summed E-state index contributed by atoms with van der Waals surface area (Å²) >= 11 is 0. The first-order valence-corrected chi connectivity index (χ1v) is 9.80. The minimum atomic E-state index is 0.883. The molecule has 27 heavy (non-hydrogen) atoms. The Bertz CT molecular complexity index is 863. The molecule has 2 heteroatoms. The second-order valence-corrected chi connectivity index (χ2v) is 6.86. The van der Waals surface area contributed by atoms with Gasteiger partial charge >= 0.3 is 0 Å². The normalized spacial score (nSPS) is 13.3. The summed E-state index contributed by atoms with van der Waals surface area (Å²) in [4.78, 5) is 0. The Labute approximate surface area is 163 Å². The van der Waals surface area contributed by atoms with Crippen molar-refractivity contribution in [2.24, 2.45) is 0 Å². The van der Waals surface area contributed by atoms with Crippen molar-refractivity contribution >= 4 is 11.1 Å². The maximum atomic E-state index is 5.44. The lowest BCUT2D eigenvalue weighted by molar-refractivity contribution is 0.414. The SMILES string of the molecule is CCCCC#CC1=C(c2ccc(OC)cc2)CCCc2cc(OC)ccc21. The fourth-order valence-corrected chi connectivity index (χ4v) is 3.53. The van der Waals surface area contributed by atoms with Crippen molar-refractivity contribution in [1.29, 1.82) is 0 Å². The minimum Gasteiger partial charge on any atom is -0.497 e. The first kappa shape index (κ1) is 19.1. The Morgan fingerprint density at radius 3 is 2.37 bits per heavy atom. The van der Waals surface area contributed by atoms with Gasteiger partial charge in [-0.05, 0) is 78.3 Å². The first-order chi connectivity index (χ1) is 13.3. The first-order valence-electron chi connectivity index (χ1n) is 9.80. The van der Waals surface area contributed by atoms with Crippen molar-refractivity contribution in [3.8, 4) is 23.3 Å². The lowest BCUT2D eigenvalue weighted by Gasteiger charge is -2.12. The van der Waals surface area contributed by atoms with E-state index in [0.29, 0.717) is 0 Å². The van der Waals surface area contributed by atoms with E-state index in [9.17, 15) is 0 Å². The number of fused-ring (bicyclic) bond motifs is 1. The minimum absolute atomic E-state index is 0.883. The summed E-state index contributed by atoms with van der Waals surface area (Å²) in [5, 5.41) is 0. The number of methoxy groups -OCH3 is 2. The van der Waals surface area contributed by atoms with Crippen LogP contribution in [0.1, 0.15) is 55.7 Å². The third kappa shape index (κ3) is 4.55. The highest BCUT2D eigenvalue weighted by Crippen LogP contribution is 2.37. The van der Waals surface area contributed by atoms with Gasteiger partial charge in [0.25, 0.3) is 0 Å². The topological polar surface area (TPSA) is 18.5 Å². The molecule has 2 aromatic carbocycles. The molecule has 0 atom stereocenters. The van der Waals surface area contributed by atoms with Gasteiger partial charge in [-0.2, -0.15) is 0 Å². The van der Waals surface area contributed by atoms with Crippen LogP contribution in [0.25, 0.3) is 11.1 Å². The van der Waals surface area contributed by atoms with Crippen molar-refractivity contribution in [1.82, 2.24) is 0 Å². The largest absolute Gasteiger partial charge is 0.497 e. The molecule has 0 radical (unpaired) electrons. The Balaban J connectivity index is 2.11. The van der Waals surface area contributed by atoms with Crippen LogP contribution in [0.15, 0.2) is 42.5 Å². The van der Waals surface area contributed by atoms with E-state index in [1.807, 2.05) is 18.2 Å². The molecule has 0 bridgehead atoms. The second kappa shape index (κ2) is 9.33. The third-order valence-corrected chi connectivity index (χ3v) is 5.06. The number of hydrogen-bond acceptors (Lipinski definition) is 2. The van der Waals surface area contributed by atoms with Gasteiger partial charge in [0.15, 0.2) is 0 Å². The molecule has 0 fully saturated rings. The van der Waals surface area contributed by atoms with Crippen molar-refractivity contribution in [2.75, 3.05) is 14.2 Å². The number of allylic oxidation sites excluding steroid dienone is 2. The van der Waals surface area contributed by atoms with Crippen LogP contribution in [-0.2, 0) is 6.42 Å². The average molecular weight is 360 g/mol. The van der Waals surface area contributed by atoms with E-state index >= 15 is 0 Å². The van der Waals surface area contributed by atoms with E-state index in [4.69, 9.17) is 9.47 Å². The molecule has 2 nitrogen and oxygen atoms in total. The van der Waals surface area contributed by atoms with Crippen molar-refractivity contribution < 1.29 is 9.47 Å². The van der Waals surface area contributed by atoms with Gasteiger partial charge in [-0.3, -0.25) is 0 Å². The van der Waals surface area contributed by atoms with Crippen LogP contribution < -0.4 is 9.47 Å². The average Bonchev–Trinajstić information content (AvgIpc) is 2.90. The zero-order chi connectivity index (χ0) is 19.1. The molecule has 0 aromatic heterocycles. The number of hydrogen-bond donors (Lipinski definition) is 0. The number of unbranched alkanes of at least 4 members (excludes halogenated alkanes) is 2. The maximum Gasteiger partial charge on any atom is 0.119 e. The molecule has 1 aliphatic carbocycles. The number of benzene rings is 2. The summed E-state index contributed by atoms with van der Waals surface area (Å²) < 4.78 is 10.8. The molecule has 3 rings (SSSR count). The van der Waals surface area contributed by atoms with E-state index in [2.05, 4.69) is 43.0 Å². The highest BCUT2D eigenvalue weighted by molar-refractivity contribution is 5.99. The summed E-state index contributed by atoms with van der Waals surface area (Å²) in [6.45, 7) is 2.21. The summed E-state index contributed by atoms with van der Waals surface area (Å²) in [7, 11) is 3.43. The van der Waals surface area contributed by atoms with Gasteiger partial charge in [-0.25, -0.2) is 0 Å². The standard InChI is InChI=1S/C25H28O2/c1-4-5-6-7-10-25-23(19-12-14-21(26-2)15-13-19)11-8-9-20-18-22(27-3)16-17-24(20)25/h12-18H,4-6,8-9,11H2,1-3H3. The van der Waals surface area contributed by atoms with Gasteiger partial charge in [0, 0.05) is 12.0 Å². The van der Waals surface area contributed by atoms with E-state index < -0.39 is 0 Å². The van der Waals surface area contributed by atoms with E-state index in [0.717, 1.165) is 43.6 Å². The van der Waals surface area contributed by atoms with Crippen LogP contribution in [-0.4, -0.2) is 14.2 Å². The zero-order valence-electron chi connectivity index (χ0n) is 16.6. The van der Waals surface area contributed by atoms with E-state index in [-0.39, 0.29) is 0 Å². The summed E-state index contributed by atoms with van der Waals surface area (Å²) in [6.07, 6.45) is 6.46. The lowest BCUT2D eigenvalue weighted by atomic mass is 9.92. The molecule has 0 N–H and O–H groups in total. The fourth-order valence-electron chi connectivity index (χ4n) is 3.53. The monoisotopic (exact) mass is 360 g/mol. The molecule has 0 amide bonds. The van der Waals surface area contributed by atoms with Gasteiger partial charge in [-0.15, -0.1) is 0 Å². The fraction of sp³-hybridized carbons (Fsp3) is 0.360. The van der Waals surface area contributed by atoms with Crippen LogP contribution in [0.3, 0.4) is 0 Å². The van der Waals surface area contributed by atoms with Gasteiger partial charge in [0.2, 0.25) is 0 Å². The highest BCUT2D eigenvalue weighted by atomic mass is 16.5. The predicted molar refractivity (Wildman–Crippen MR) is 113 cm³/mol. The van der Waals surface area contributed by atoms with Crippen molar-refractivity contribution in [3.63, 3.8) is 0 Å². The maximum absolute atomic E-state index is 5.44. The smallest absolute Gasteiger partial charge is 0.119 e. The van der Waals surface area contributed by atoms with E-state index in [1.165, 1.54) is 34.3 Å². The van der Waals surface area contributed by atoms with Crippen LogP contribution in [0, 0.1) is 11.8 Å². The van der Waals surface area contributed by atoms with Crippen LogP contribution in [0.5, 0.6) is 11.5 Å². The molecular formula is C25H28O2. The number of rotatable bonds is 5. The third-order valence-electron chi connectivity index (χ3n) is 5.06. The molecule has 0 saturated heterocycles. The summed E-state index contributed by atoms with van der Waals surface area (Å²) in [6, 6.07) is 14.7. The molecule has 1 aliphatic rings. The number of aryl methyl sites for hydroxylation is 1. The van der Waals surface area contributed by atoms with Gasteiger partial charge < -0.3 is 9.47 Å². The van der Waals surface area contributed by atoms with Crippen LogP contribution in [0.2, 0.25) is 0 Å². The molecule has 140 valence electrons. The van der Waals surface area contributed by atoms with Gasteiger partial charge in [0.05, 0.1) is 14.2 Å². The molecule has 0 heterocycles. The van der Waals surface area contributed by atoms with Gasteiger partial charge in [0.1, 0.15) is 11.5 Å². The molecule has 0 spiro atoms. The number of ether oxygens (including phenoxy) is 2. The summed E-state index contributed by atoms with van der Waals surface area (Å²) in [5.74, 6) is 8.74. The Morgan fingerprint density at radius 2 is 1.67 bits per heavy atom. The zero-order valence-corrected chi connectivity index (χ0v) is 16.6. The Kier molecular flexibility index (Phi) is 6.60. The molecule has 0 unspecified atom stereocenters. The molecule has 0 saturated carbocycles. The Morgan fingerprint density at radius 1 is 0.926 bits per heavy atom. The van der Waals surface area contributed by atoms with Crippen LogP contribution >= 0.6 is 0 Å². The quantitative estimate of drug-likeness (QED) is 0.471. The molecule has 0 aliphatic heterocycles.